The van der Waals surface area contributed by atoms with Gasteiger partial charge < -0.3 is 15.2 Å². The van der Waals surface area contributed by atoms with Crippen LogP contribution in [0.4, 0.5) is 0 Å². The molecule has 1 rings (SSSR count). The second-order valence-corrected chi connectivity index (χ2v) is 3.02. The van der Waals surface area contributed by atoms with E-state index >= 15 is 0 Å². The smallest absolute Gasteiger partial charge is 0.180 e. The number of carbonyl (C=O) groups is 1. The van der Waals surface area contributed by atoms with Crippen LogP contribution in [0.2, 0.25) is 0 Å². The predicted molar refractivity (Wildman–Crippen MR) is 43.9 cm³/mol. The summed E-state index contributed by atoms with van der Waals surface area (Å²) < 4.78 is 10.0. The Morgan fingerprint density at radius 1 is 1.75 bits per heavy atom. The Bertz CT molecular complexity index is 164. The van der Waals surface area contributed by atoms with Crippen molar-refractivity contribution >= 4 is 5.78 Å². The molecule has 0 amide bonds. The maximum Gasteiger partial charge on any atom is 0.180 e. The van der Waals surface area contributed by atoms with E-state index in [1.54, 1.807) is 0 Å². The summed E-state index contributed by atoms with van der Waals surface area (Å²) in [7, 11) is 0. The fraction of sp³-hybridized carbons (Fsp3) is 0.875. The summed E-state index contributed by atoms with van der Waals surface area (Å²) in [6.45, 7) is 3.41. The van der Waals surface area contributed by atoms with Gasteiger partial charge in [0, 0.05) is 13.2 Å². The van der Waals surface area contributed by atoms with Crippen LogP contribution in [0.25, 0.3) is 0 Å². The van der Waals surface area contributed by atoms with Gasteiger partial charge in [0.15, 0.2) is 5.78 Å². The van der Waals surface area contributed by atoms with Crippen LogP contribution in [-0.4, -0.2) is 37.7 Å². The van der Waals surface area contributed by atoms with Gasteiger partial charge in [0.05, 0.1) is 6.61 Å². The number of carbonyl (C=O) groups excluding carboxylic acids is 1. The van der Waals surface area contributed by atoms with Crippen molar-refractivity contribution in [3.05, 3.63) is 0 Å². The molecule has 4 heteroatoms. The maximum absolute atomic E-state index is 11.4. The van der Waals surface area contributed by atoms with Crippen LogP contribution in [-0.2, 0) is 14.3 Å². The third-order valence-corrected chi connectivity index (χ3v) is 2.04. The SMILES string of the molecule is CCOCC(=O)C1(N)CCOC1. The standard InChI is InChI=1S/C8H15NO3/c1-2-11-5-7(10)8(9)3-4-12-6-8/h2-6,9H2,1H3. The van der Waals surface area contributed by atoms with Crippen molar-refractivity contribution in [3.8, 4) is 0 Å². The Balaban J connectivity index is 2.39. The van der Waals surface area contributed by atoms with Crippen LogP contribution in [0.3, 0.4) is 0 Å². The van der Waals surface area contributed by atoms with Crippen LogP contribution in [0, 0.1) is 0 Å². The molecule has 0 spiro atoms. The summed E-state index contributed by atoms with van der Waals surface area (Å²) in [5.41, 5.74) is 5.01. The minimum absolute atomic E-state index is 0.0538. The second kappa shape index (κ2) is 3.98. The summed E-state index contributed by atoms with van der Waals surface area (Å²) in [5, 5.41) is 0. The number of hydrogen-bond donors (Lipinski definition) is 1. The van der Waals surface area contributed by atoms with Gasteiger partial charge >= 0.3 is 0 Å². The first-order valence-corrected chi connectivity index (χ1v) is 4.17. The monoisotopic (exact) mass is 173 g/mol. The lowest BCUT2D eigenvalue weighted by Crippen LogP contribution is -2.50. The van der Waals surface area contributed by atoms with Crippen LogP contribution >= 0.6 is 0 Å². The molecule has 4 nitrogen and oxygen atoms in total. The van der Waals surface area contributed by atoms with Gasteiger partial charge in [0.1, 0.15) is 12.1 Å². The molecule has 1 aliphatic rings. The van der Waals surface area contributed by atoms with Gasteiger partial charge in [0.2, 0.25) is 0 Å². The predicted octanol–water partition coefficient (Wildman–Crippen LogP) is -0.290. The molecule has 0 aromatic heterocycles. The van der Waals surface area contributed by atoms with E-state index < -0.39 is 5.54 Å². The molecule has 0 aromatic rings. The van der Waals surface area contributed by atoms with Gasteiger partial charge in [-0.2, -0.15) is 0 Å². The Labute approximate surface area is 72.0 Å². The Kier molecular flexibility index (Phi) is 3.20. The highest BCUT2D eigenvalue weighted by Gasteiger charge is 2.37. The summed E-state index contributed by atoms with van der Waals surface area (Å²) >= 11 is 0. The number of nitrogens with two attached hydrogens (primary N) is 1. The highest BCUT2D eigenvalue weighted by atomic mass is 16.5. The van der Waals surface area contributed by atoms with Gasteiger partial charge in [0.25, 0.3) is 0 Å². The molecular formula is C8H15NO3. The Morgan fingerprint density at radius 3 is 3.00 bits per heavy atom. The van der Waals surface area contributed by atoms with Gasteiger partial charge in [-0.05, 0) is 13.3 Å². The van der Waals surface area contributed by atoms with Crippen LogP contribution in [0.15, 0.2) is 0 Å². The van der Waals surface area contributed by atoms with E-state index in [4.69, 9.17) is 15.2 Å². The Morgan fingerprint density at radius 2 is 2.50 bits per heavy atom. The molecule has 0 bridgehead atoms. The molecule has 0 aliphatic carbocycles. The molecule has 0 radical (unpaired) electrons. The lowest BCUT2D eigenvalue weighted by atomic mass is 9.95. The van der Waals surface area contributed by atoms with Crippen molar-refractivity contribution in [2.45, 2.75) is 18.9 Å². The first kappa shape index (κ1) is 9.64. The van der Waals surface area contributed by atoms with Crippen LogP contribution in [0.1, 0.15) is 13.3 Å². The topological polar surface area (TPSA) is 61.5 Å². The molecule has 0 saturated carbocycles. The van der Waals surface area contributed by atoms with Gasteiger partial charge in [-0.1, -0.05) is 0 Å². The van der Waals surface area contributed by atoms with Gasteiger partial charge in [-0.3, -0.25) is 4.79 Å². The van der Waals surface area contributed by atoms with Crippen molar-refractivity contribution in [2.75, 3.05) is 26.4 Å². The molecule has 0 aromatic carbocycles. The number of ether oxygens (including phenoxy) is 2. The third-order valence-electron chi connectivity index (χ3n) is 2.04. The molecule has 1 aliphatic heterocycles. The quantitative estimate of drug-likeness (QED) is 0.634. The van der Waals surface area contributed by atoms with E-state index in [1.165, 1.54) is 0 Å². The zero-order valence-corrected chi connectivity index (χ0v) is 7.34. The summed E-state index contributed by atoms with van der Waals surface area (Å²) in [4.78, 5) is 11.4. The van der Waals surface area contributed by atoms with E-state index in [1.807, 2.05) is 6.92 Å². The van der Waals surface area contributed by atoms with Crippen LogP contribution < -0.4 is 5.73 Å². The van der Waals surface area contributed by atoms with Crippen molar-refractivity contribution < 1.29 is 14.3 Å². The molecule has 1 atom stereocenters. The van der Waals surface area contributed by atoms with E-state index in [-0.39, 0.29) is 12.4 Å². The minimum Gasteiger partial charge on any atom is -0.379 e. The zero-order chi connectivity index (χ0) is 9.03. The average Bonchev–Trinajstić information content (AvgIpc) is 2.49. The molecule has 70 valence electrons. The van der Waals surface area contributed by atoms with Crippen molar-refractivity contribution in [3.63, 3.8) is 0 Å². The molecule has 2 N–H and O–H groups in total. The van der Waals surface area contributed by atoms with E-state index in [9.17, 15) is 4.79 Å². The molecule has 1 heterocycles. The molecule has 1 fully saturated rings. The first-order valence-electron chi connectivity index (χ1n) is 4.17. The van der Waals surface area contributed by atoms with Crippen molar-refractivity contribution in [1.82, 2.24) is 0 Å². The molecule has 1 unspecified atom stereocenters. The number of rotatable bonds is 4. The van der Waals surface area contributed by atoms with Crippen LogP contribution in [0.5, 0.6) is 0 Å². The maximum atomic E-state index is 11.4. The van der Waals surface area contributed by atoms with Gasteiger partial charge in [-0.25, -0.2) is 0 Å². The number of ketones is 1. The normalized spacial score (nSPS) is 29.2. The molecular weight excluding hydrogens is 158 g/mol. The Hall–Kier alpha value is -0.450. The fourth-order valence-corrected chi connectivity index (χ4v) is 1.14. The van der Waals surface area contributed by atoms with Gasteiger partial charge in [-0.15, -0.1) is 0 Å². The lowest BCUT2D eigenvalue weighted by Gasteiger charge is -2.19. The average molecular weight is 173 g/mol. The van der Waals surface area contributed by atoms with E-state index in [0.717, 1.165) is 0 Å². The van der Waals surface area contributed by atoms with Crippen molar-refractivity contribution in [2.24, 2.45) is 5.73 Å². The zero-order valence-electron chi connectivity index (χ0n) is 7.34. The highest BCUT2D eigenvalue weighted by Crippen LogP contribution is 2.16. The number of hydrogen-bond acceptors (Lipinski definition) is 4. The second-order valence-electron chi connectivity index (χ2n) is 3.02. The first-order chi connectivity index (χ1) is 5.69. The number of Topliss-reactive ketones (excluding diaryl/α,β-unsaturated/α-hetero) is 1. The highest BCUT2D eigenvalue weighted by molar-refractivity contribution is 5.89. The van der Waals surface area contributed by atoms with E-state index in [2.05, 4.69) is 0 Å². The van der Waals surface area contributed by atoms with E-state index in [0.29, 0.717) is 26.2 Å². The fourth-order valence-electron chi connectivity index (χ4n) is 1.14. The summed E-state index contributed by atoms with van der Waals surface area (Å²) in [6.07, 6.45) is 0.610. The summed E-state index contributed by atoms with van der Waals surface area (Å²) in [5.74, 6) is -0.0538. The molecule has 12 heavy (non-hydrogen) atoms. The minimum atomic E-state index is -0.783. The summed E-state index contributed by atoms with van der Waals surface area (Å²) in [6, 6.07) is 0. The largest absolute Gasteiger partial charge is 0.379 e. The third kappa shape index (κ3) is 2.03. The van der Waals surface area contributed by atoms with Crippen molar-refractivity contribution in [1.29, 1.82) is 0 Å². The lowest BCUT2D eigenvalue weighted by molar-refractivity contribution is -0.128. The molecule has 1 saturated heterocycles.